The van der Waals surface area contributed by atoms with E-state index in [1.54, 1.807) is 7.11 Å². The van der Waals surface area contributed by atoms with Gasteiger partial charge in [0.15, 0.2) is 0 Å². The summed E-state index contributed by atoms with van der Waals surface area (Å²) in [5.41, 5.74) is 1.69. The van der Waals surface area contributed by atoms with E-state index in [1.165, 1.54) is 0 Å². The van der Waals surface area contributed by atoms with Gasteiger partial charge in [0.05, 0.1) is 19.7 Å². The molecule has 6 heteroatoms. The number of likely N-dealkylation sites (tertiary alicyclic amines) is 1. The van der Waals surface area contributed by atoms with Crippen molar-refractivity contribution in [3.05, 3.63) is 47.5 Å². The molecule has 0 aliphatic carbocycles. The van der Waals surface area contributed by atoms with E-state index < -0.39 is 0 Å². The summed E-state index contributed by atoms with van der Waals surface area (Å²) in [6, 6.07) is 8.11. The number of nitrogens with zero attached hydrogens (tertiary/aromatic N) is 3. The summed E-state index contributed by atoms with van der Waals surface area (Å²) in [7, 11) is 1.67. The van der Waals surface area contributed by atoms with Crippen molar-refractivity contribution in [1.29, 1.82) is 0 Å². The predicted molar refractivity (Wildman–Crippen MR) is 89.9 cm³/mol. The highest BCUT2D eigenvalue weighted by Gasteiger charge is 2.32. The first-order valence-corrected chi connectivity index (χ1v) is 8.48. The summed E-state index contributed by atoms with van der Waals surface area (Å²) in [5, 5.41) is 3.29. The van der Waals surface area contributed by atoms with Gasteiger partial charge in [-0.3, -0.25) is 4.79 Å². The van der Waals surface area contributed by atoms with E-state index in [0.717, 1.165) is 56.2 Å². The van der Waals surface area contributed by atoms with E-state index in [1.807, 2.05) is 29.3 Å². The summed E-state index contributed by atoms with van der Waals surface area (Å²) < 4.78 is 7.41. The van der Waals surface area contributed by atoms with Crippen LogP contribution in [0.5, 0.6) is 5.75 Å². The normalized spacial score (nSPS) is 20.0. The van der Waals surface area contributed by atoms with Crippen molar-refractivity contribution < 1.29 is 9.53 Å². The average Bonchev–Trinajstić information content (AvgIpc) is 3.28. The molecule has 6 nitrogen and oxygen atoms in total. The molecule has 2 aliphatic rings. The Labute approximate surface area is 141 Å². The van der Waals surface area contributed by atoms with Gasteiger partial charge in [0, 0.05) is 25.8 Å². The maximum atomic E-state index is 13.0. The monoisotopic (exact) mass is 326 g/mol. The summed E-state index contributed by atoms with van der Waals surface area (Å²) in [5.74, 6) is 1.80. The Bertz CT molecular complexity index is 732. The molecule has 1 saturated heterocycles. The zero-order chi connectivity index (χ0) is 16.5. The number of nitrogens with one attached hydrogen (secondary N) is 1. The van der Waals surface area contributed by atoms with Crippen molar-refractivity contribution >= 4 is 5.91 Å². The second kappa shape index (κ2) is 6.28. The molecule has 1 atom stereocenters. The van der Waals surface area contributed by atoms with Gasteiger partial charge in [0.1, 0.15) is 17.3 Å². The summed E-state index contributed by atoms with van der Waals surface area (Å²) in [6.07, 6.45) is 3.90. The van der Waals surface area contributed by atoms with Crippen LogP contribution < -0.4 is 10.1 Å². The van der Waals surface area contributed by atoms with Crippen LogP contribution in [0, 0.1) is 0 Å². The molecule has 0 spiro atoms. The van der Waals surface area contributed by atoms with Crippen LogP contribution >= 0.6 is 0 Å². The maximum Gasteiger partial charge on any atom is 0.274 e. The number of hydrogen-bond acceptors (Lipinski definition) is 4. The standard InChI is InChI=1S/C18H22N4O2/c1-24-14-5-2-4-13(10-14)16-6-3-8-22(16)18(23)15-12-21-9-7-19-11-17(21)20-15/h2,4-5,10,12,16,19H,3,6-9,11H2,1H3. The van der Waals surface area contributed by atoms with Crippen LogP contribution in [0.2, 0.25) is 0 Å². The fourth-order valence-corrected chi connectivity index (χ4v) is 3.64. The molecule has 1 aromatic carbocycles. The number of ether oxygens (including phenoxy) is 1. The first kappa shape index (κ1) is 15.2. The Morgan fingerprint density at radius 1 is 1.38 bits per heavy atom. The molecular weight excluding hydrogens is 304 g/mol. The van der Waals surface area contributed by atoms with Gasteiger partial charge in [0.2, 0.25) is 0 Å². The van der Waals surface area contributed by atoms with Crippen molar-refractivity contribution in [2.24, 2.45) is 0 Å². The number of benzene rings is 1. The predicted octanol–water partition coefficient (Wildman–Crippen LogP) is 1.97. The third kappa shape index (κ3) is 2.67. The van der Waals surface area contributed by atoms with Crippen LogP contribution in [0.1, 0.15) is 40.8 Å². The minimum atomic E-state index is 0.0298. The lowest BCUT2D eigenvalue weighted by atomic mass is 10.0. The van der Waals surface area contributed by atoms with Crippen molar-refractivity contribution in [2.75, 3.05) is 20.2 Å². The lowest BCUT2D eigenvalue weighted by Gasteiger charge is -2.24. The van der Waals surface area contributed by atoms with Crippen molar-refractivity contribution in [1.82, 2.24) is 19.8 Å². The van der Waals surface area contributed by atoms with E-state index in [9.17, 15) is 4.79 Å². The quantitative estimate of drug-likeness (QED) is 0.937. The summed E-state index contributed by atoms with van der Waals surface area (Å²) in [6.45, 7) is 3.30. The minimum Gasteiger partial charge on any atom is -0.497 e. The SMILES string of the molecule is COc1cccc(C2CCCN2C(=O)c2cn3c(n2)CNCC3)c1. The number of carbonyl (C=O) groups excluding carboxylic acids is 1. The van der Waals surface area contributed by atoms with Crippen LogP contribution in [0.15, 0.2) is 30.5 Å². The zero-order valence-corrected chi connectivity index (χ0v) is 13.9. The fourth-order valence-electron chi connectivity index (χ4n) is 3.64. The Morgan fingerprint density at radius 3 is 3.12 bits per heavy atom. The number of amides is 1. The second-order valence-electron chi connectivity index (χ2n) is 6.35. The van der Waals surface area contributed by atoms with Crippen LogP contribution in [-0.4, -0.2) is 40.6 Å². The Balaban J connectivity index is 1.59. The molecular formula is C18H22N4O2. The van der Waals surface area contributed by atoms with Crippen LogP contribution in [0.25, 0.3) is 0 Å². The van der Waals surface area contributed by atoms with Gasteiger partial charge in [-0.05, 0) is 30.5 Å². The molecule has 0 saturated carbocycles. The number of methoxy groups -OCH3 is 1. The van der Waals surface area contributed by atoms with Gasteiger partial charge in [0.25, 0.3) is 5.91 Å². The second-order valence-corrected chi connectivity index (χ2v) is 6.35. The van der Waals surface area contributed by atoms with Gasteiger partial charge in [-0.15, -0.1) is 0 Å². The molecule has 1 fully saturated rings. The molecule has 2 aromatic rings. The largest absolute Gasteiger partial charge is 0.497 e. The number of fused-ring (bicyclic) bond motifs is 1. The lowest BCUT2D eigenvalue weighted by Crippen LogP contribution is -2.30. The topological polar surface area (TPSA) is 59.4 Å². The first-order chi connectivity index (χ1) is 11.8. The Hall–Kier alpha value is -2.34. The van der Waals surface area contributed by atoms with Crippen molar-refractivity contribution in [3.63, 3.8) is 0 Å². The number of hydrogen-bond donors (Lipinski definition) is 1. The van der Waals surface area contributed by atoms with Gasteiger partial charge < -0.3 is 19.5 Å². The van der Waals surface area contributed by atoms with Crippen LogP contribution in [0.3, 0.4) is 0 Å². The molecule has 126 valence electrons. The van der Waals surface area contributed by atoms with Crippen molar-refractivity contribution in [3.8, 4) is 5.75 Å². The maximum absolute atomic E-state index is 13.0. The third-order valence-corrected chi connectivity index (χ3v) is 4.88. The van der Waals surface area contributed by atoms with Crippen LogP contribution in [-0.2, 0) is 13.1 Å². The third-order valence-electron chi connectivity index (χ3n) is 4.88. The van der Waals surface area contributed by atoms with Crippen molar-refractivity contribution in [2.45, 2.75) is 32.0 Å². The summed E-state index contributed by atoms with van der Waals surface area (Å²) in [4.78, 5) is 19.5. The minimum absolute atomic E-state index is 0.0298. The van der Waals surface area contributed by atoms with E-state index in [2.05, 4.69) is 20.9 Å². The molecule has 0 radical (unpaired) electrons. The van der Waals surface area contributed by atoms with E-state index in [-0.39, 0.29) is 11.9 Å². The molecule has 4 rings (SSSR count). The average molecular weight is 326 g/mol. The molecule has 0 bridgehead atoms. The van der Waals surface area contributed by atoms with E-state index in [4.69, 9.17) is 4.74 Å². The molecule has 2 aliphatic heterocycles. The molecule has 3 heterocycles. The first-order valence-electron chi connectivity index (χ1n) is 8.48. The smallest absolute Gasteiger partial charge is 0.274 e. The Kier molecular flexibility index (Phi) is 3.98. The van der Waals surface area contributed by atoms with Gasteiger partial charge in [-0.2, -0.15) is 0 Å². The molecule has 1 unspecified atom stereocenters. The molecule has 1 aromatic heterocycles. The molecule has 24 heavy (non-hydrogen) atoms. The van der Waals surface area contributed by atoms with Gasteiger partial charge in [-0.1, -0.05) is 12.1 Å². The fraction of sp³-hybridized carbons (Fsp3) is 0.444. The number of rotatable bonds is 3. The van der Waals surface area contributed by atoms with Gasteiger partial charge in [-0.25, -0.2) is 4.98 Å². The number of imidazole rings is 1. The van der Waals surface area contributed by atoms with E-state index >= 15 is 0 Å². The molecule has 1 N–H and O–H groups in total. The van der Waals surface area contributed by atoms with Crippen LogP contribution in [0.4, 0.5) is 0 Å². The van der Waals surface area contributed by atoms with Gasteiger partial charge >= 0.3 is 0 Å². The molecule has 1 amide bonds. The lowest BCUT2D eigenvalue weighted by molar-refractivity contribution is 0.0730. The van der Waals surface area contributed by atoms with E-state index in [0.29, 0.717) is 5.69 Å². The number of carbonyl (C=O) groups is 1. The highest BCUT2D eigenvalue weighted by Crippen LogP contribution is 2.34. The highest BCUT2D eigenvalue weighted by molar-refractivity contribution is 5.92. The highest BCUT2D eigenvalue weighted by atomic mass is 16.5. The Morgan fingerprint density at radius 2 is 2.29 bits per heavy atom. The summed E-state index contributed by atoms with van der Waals surface area (Å²) >= 11 is 0. The zero-order valence-electron chi connectivity index (χ0n) is 13.9. The number of aromatic nitrogens is 2.